The van der Waals surface area contributed by atoms with Crippen molar-refractivity contribution in [3.05, 3.63) is 47.7 Å². The first-order valence-corrected chi connectivity index (χ1v) is 5.30. The Balaban J connectivity index is 2.51. The minimum absolute atomic E-state index is 0.00238. The van der Waals surface area contributed by atoms with Crippen molar-refractivity contribution < 1.29 is 4.79 Å². The molecule has 0 aliphatic heterocycles. The Morgan fingerprint density at radius 1 is 1.19 bits per heavy atom. The third-order valence-electron chi connectivity index (χ3n) is 1.83. The van der Waals surface area contributed by atoms with Crippen LogP contribution in [0.2, 0.25) is 0 Å². The highest BCUT2D eigenvalue weighted by Crippen LogP contribution is 1.98. The van der Waals surface area contributed by atoms with Crippen LogP contribution in [0.3, 0.4) is 0 Å². The molecule has 84 valence electrons. The summed E-state index contributed by atoms with van der Waals surface area (Å²) in [6.45, 7) is 3.29. The Morgan fingerprint density at radius 3 is 2.38 bits per heavy atom. The van der Waals surface area contributed by atoms with Gasteiger partial charge >= 0.3 is 0 Å². The van der Waals surface area contributed by atoms with Crippen molar-refractivity contribution in [3.63, 3.8) is 0 Å². The van der Waals surface area contributed by atoms with Gasteiger partial charge in [0.15, 0.2) is 5.78 Å². The number of hydrazine groups is 1. The van der Waals surface area contributed by atoms with Gasteiger partial charge in [-0.15, -0.1) is 0 Å². The third kappa shape index (κ3) is 4.23. The Labute approximate surface area is 101 Å². The van der Waals surface area contributed by atoms with E-state index in [4.69, 9.17) is 12.2 Å². The fourth-order valence-electron chi connectivity index (χ4n) is 1.16. The van der Waals surface area contributed by atoms with E-state index in [2.05, 4.69) is 10.9 Å². The van der Waals surface area contributed by atoms with E-state index in [1.54, 1.807) is 6.92 Å². The van der Waals surface area contributed by atoms with E-state index in [1.807, 2.05) is 30.3 Å². The molecule has 2 N–H and O–H groups in total. The molecule has 0 radical (unpaired) electrons. The zero-order valence-corrected chi connectivity index (χ0v) is 10.1. The van der Waals surface area contributed by atoms with Crippen LogP contribution in [-0.2, 0) is 4.79 Å². The molecule has 0 saturated carbocycles. The number of rotatable bonds is 4. The molecule has 4 heteroatoms. The summed E-state index contributed by atoms with van der Waals surface area (Å²) in [5.74, 6) is -0.00238. The van der Waals surface area contributed by atoms with E-state index < -0.39 is 0 Å². The van der Waals surface area contributed by atoms with E-state index in [1.165, 1.54) is 13.0 Å². The zero-order chi connectivity index (χ0) is 12.0. The Morgan fingerprint density at radius 2 is 1.81 bits per heavy atom. The molecule has 0 amide bonds. The number of thiocarbonyl (C=S) groups is 1. The maximum Gasteiger partial charge on any atom is 0.154 e. The van der Waals surface area contributed by atoms with Crippen molar-refractivity contribution in [2.24, 2.45) is 0 Å². The topological polar surface area (TPSA) is 41.1 Å². The number of hydrogen-bond donors (Lipinski definition) is 2. The lowest BCUT2D eigenvalue weighted by Gasteiger charge is -2.10. The third-order valence-corrected chi connectivity index (χ3v) is 2.17. The van der Waals surface area contributed by atoms with Gasteiger partial charge in [0.05, 0.1) is 0 Å². The predicted octanol–water partition coefficient (Wildman–Crippen LogP) is 1.95. The van der Waals surface area contributed by atoms with Gasteiger partial charge in [0.2, 0.25) is 0 Å². The van der Waals surface area contributed by atoms with Gasteiger partial charge in [0.25, 0.3) is 0 Å². The number of ketones is 1. The SMILES string of the molecule is CC(=O)/C=C(\C)NNC(=S)c1ccccc1. The Bertz CT molecular complexity index is 412. The van der Waals surface area contributed by atoms with Crippen LogP contribution in [0.25, 0.3) is 0 Å². The molecule has 0 unspecified atom stereocenters. The minimum Gasteiger partial charge on any atom is -0.304 e. The number of nitrogens with one attached hydrogen (secondary N) is 2. The van der Waals surface area contributed by atoms with Crippen molar-refractivity contribution in [2.45, 2.75) is 13.8 Å². The van der Waals surface area contributed by atoms with Crippen molar-refractivity contribution in [1.29, 1.82) is 0 Å². The predicted molar refractivity (Wildman–Crippen MR) is 68.9 cm³/mol. The van der Waals surface area contributed by atoms with E-state index in [9.17, 15) is 4.79 Å². The lowest BCUT2D eigenvalue weighted by molar-refractivity contribution is -0.112. The normalized spacial score (nSPS) is 10.8. The summed E-state index contributed by atoms with van der Waals surface area (Å²) in [7, 11) is 0. The van der Waals surface area contributed by atoms with Gasteiger partial charge < -0.3 is 5.43 Å². The van der Waals surface area contributed by atoms with Crippen LogP contribution in [0.15, 0.2) is 42.1 Å². The smallest absolute Gasteiger partial charge is 0.154 e. The molecule has 0 heterocycles. The van der Waals surface area contributed by atoms with Crippen molar-refractivity contribution in [2.75, 3.05) is 0 Å². The van der Waals surface area contributed by atoms with Gasteiger partial charge in [0, 0.05) is 17.3 Å². The van der Waals surface area contributed by atoms with Crippen molar-refractivity contribution in [3.8, 4) is 0 Å². The van der Waals surface area contributed by atoms with Crippen LogP contribution in [0, 0.1) is 0 Å². The van der Waals surface area contributed by atoms with E-state index in [0.717, 1.165) is 11.3 Å². The van der Waals surface area contributed by atoms with Gasteiger partial charge in [-0.25, -0.2) is 0 Å². The van der Waals surface area contributed by atoms with Crippen molar-refractivity contribution in [1.82, 2.24) is 10.9 Å². The molecule has 0 spiro atoms. The van der Waals surface area contributed by atoms with Gasteiger partial charge in [-0.2, -0.15) is 0 Å². The van der Waals surface area contributed by atoms with Gasteiger partial charge in [-0.1, -0.05) is 42.5 Å². The minimum atomic E-state index is -0.00238. The summed E-state index contributed by atoms with van der Waals surface area (Å²) in [6, 6.07) is 9.60. The zero-order valence-electron chi connectivity index (χ0n) is 9.28. The van der Waals surface area contributed by atoms with Crippen molar-refractivity contribution >= 4 is 23.0 Å². The van der Waals surface area contributed by atoms with E-state index in [-0.39, 0.29) is 5.78 Å². The molecule has 3 nitrogen and oxygen atoms in total. The maximum absolute atomic E-state index is 10.8. The molecule has 0 fully saturated rings. The lowest BCUT2D eigenvalue weighted by atomic mass is 10.2. The molecule has 0 aromatic heterocycles. The highest BCUT2D eigenvalue weighted by molar-refractivity contribution is 7.80. The standard InChI is InChI=1S/C12H14N2OS/c1-9(8-10(2)15)13-14-12(16)11-6-4-3-5-7-11/h3-8,13H,1-2H3,(H,14,16)/b9-8+. The number of carbonyl (C=O) groups excluding carboxylic acids is 1. The lowest BCUT2D eigenvalue weighted by Crippen LogP contribution is -2.35. The molecule has 1 aromatic rings. The van der Waals surface area contributed by atoms with E-state index >= 15 is 0 Å². The molecule has 0 saturated heterocycles. The summed E-state index contributed by atoms with van der Waals surface area (Å²) in [4.78, 5) is 11.4. The second kappa shape index (κ2) is 6.02. The number of benzene rings is 1. The van der Waals surface area contributed by atoms with Crippen LogP contribution >= 0.6 is 12.2 Å². The van der Waals surface area contributed by atoms with Gasteiger partial charge in [-0.3, -0.25) is 10.2 Å². The highest BCUT2D eigenvalue weighted by atomic mass is 32.1. The Kier molecular flexibility index (Phi) is 4.66. The van der Waals surface area contributed by atoms with Crippen LogP contribution in [-0.4, -0.2) is 10.8 Å². The van der Waals surface area contributed by atoms with E-state index in [0.29, 0.717) is 4.99 Å². The molecule has 0 aliphatic rings. The fourth-order valence-corrected chi connectivity index (χ4v) is 1.35. The molecule has 16 heavy (non-hydrogen) atoms. The van der Waals surface area contributed by atoms with Crippen LogP contribution in [0.1, 0.15) is 19.4 Å². The molecule has 1 rings (SSSR count). The largest absolute Gasteiger partial charge is 0.304 e. The summed E-state index contributed by atoms with van der Waals surface area (Å²) >= 11 is 5.17. The first-order chi connectivity index (χ1) is 7.59. The number of allylic oxidation sites excluding steroid dienone is 2. The van der Waals surface area contributed by atoms with Crippen LogP contribution in [0.4, 0.5) is 0 Å². The average Bonchev–Trinajstić information content (AvgIpc) is 2.26. The quantitative estimate of drug-likeness (QED) is 0.474. The first kappa shape index (κ1) is 12.4. The molecular formula is C12H14N2OS. The summed E-state index contributed by atoms with van der Waals surface area (Å²) in [6.07, 6.45) is 1.50. The monoisotopic (exact) mass is 234 g/mol. The second-order valence-electron chi connectivity index (χ2n) is 3.38. The first-order valence-electron chi connectivity index (χ1n) is 4.90. The van der Waals surface area contributed by atoms with Gasteiger partial charge in [0.1, 0.15) is 4.99 Å². The molecule has 0 bridgehead atoms. The maximum atomic E-state index is 10.8. The van der Waals surface area contributed by atoms with Gasteiger partial charge in [-0.05, 0) is 13.8 Å². The Hall–Kier alpha value is -1.68. The molecule has 0 atom stereocenters. The molecule has 0 aliphatic carbocycles. The summed E-state index contributed by atoms with van der Waals surface area (Å²) in [5, 5.41) is 0. The number of carbonyl (C=O) groups is 1. The van der Waals surface area contributed by atoms with Crippen LogP contribution in [0.5, 0.6) is 0 Å². The summed E-state index contributed by atoms with van der Waals surface area (Å²) < 4.78 is 0. The fraction of sp³-hybridized carbons (Fsp3) is 0.167. The average molecular weight is 234 g/mol. The van der Waals surface area contributed by atoms with Crippen LogP contribution < -0.4 is 10.9 Å². The molecule has 1 aromatic carbocycles. The highest BCUT2D eigenvalue weighted by Gasteiger charge is 1.98. The summed E-state index contributed by atoms with van der Waals surface area (Å²) in [5.41, 5.74) is 7.38. The second-order valence-corrected chi connectivity index (χ2v) is 3.79. The number of hydrogen-bond acceptors (Lipinski definition) is 3. The molecular weight excluding hydrogens is 220 g/mol.